The molecule has 2 aliphatic heterocycles. The van der Waals surface area contributed by atoms with Gasteiger partial charge in [0.05, 0.1) is 0 Å². The van der Waals surface area contributed by atoms with Gasteiger partial charge in [0.15, 0.2) is 0 Å². The van der Waals surface area contributed by atoms with Crippen LogP contribution in [-0.4, -0.2) is 40.5 Å². The highest BCUT2D eigenvalue weighted by Crippen LogP contribution is 2.21. The van der Waals surface area contributed by atoms with E-state index in [2.05, 4.69) is 28.6 Å². The minimum absolute atomic E-state index is 0.355. The number of fused-ring (bicyclic) bond motifs is 1. The lowest BCUT2D eigenvalue weighted by Gasteiger charge is -2.28. The van der Waals surface area contributed by atoms with Crippen LogP contribution >= 0.6 is 12.6 Å². The van der Waals surface area contributed by atoms with Crippen molar-refractivity contribution in [1.82, 2.24) is 20.9 Å². The molecule has 17 heavy (non-hydrogen) atoms. The molecule has 2 heterocycles. The molecule has 2 fully saturated rings. The first-order chi connectivity index (χ1) is 8.04. The van der Waals surface area contributed by atoms with Crippen molar-refractivity contribution in [2.24, 2.45) is 0 Å². The summed E-state index contributed by atoms with van der Waals surface area (Å²) < 4.78 is 0. The molecule has 0 radical (unpaired) electrons. The Bertz CT molecular complexity index is 375. The Morgan fingerprint density at radius 1 is 1.41 bits per heavy atom. The van der Waals surface area contributed by atoms with Crippen LogP contribution in [0.3, 0.4) is 0 Å². The van der Waals surface area contributed by atoms with Crippen LogP contribution in [0.2, 0.25) is 0 Å². The second-order valence-corrected chi connectivity index (χ2v) is 4.48. The van der Waals surface area contributed by atoms with Crippen LogP contribution in [0.5, 0.6) is 0 Å². The van der Waals surface area contributed by atoms with Gasteiger partial charge in [-0.1, -0.05) is 13.3 Å². The normalized spacial score (nSPS) is 28.2. The average molecular weight is 258 g/mol. The topological polar surface area (TPSA) is 90.5 Å². The van der Waals surface area contributed by atoms with Crippen molar-refractivity contribution in [3.05, 3.63) is 0 Å². The van der Waals surface area contributed by atoms with E-state index in [4.69, 9.17) is 0 Å². The van der Waals surface area contributed by atoms with Crippen LogP contribution in [0.4, 0.5) is 9.59 Å². The molecule has 94 valence electrons. The molecule has 3 atom stereocenters. The zero-order chi connectivity index (χ0) is 12.6. The molecule has 0 spiro atoms. The highest BCUT2D eigenvalue weighted by atomic mass is 32.1. The van der Waals surface area contributed by atoms with Crippen LogP contribution in [0.15, 0.2) is 0 Å². The van der Waals surface area contributed by atoms with E-state index in [1.54, 1.807) is 0 Å². The van der Waals surface area contributed by atoms with E-state index < -0.39 is 18.4 Å². The van der Waals surface area contributed by atoms with Crippen molar-refractivity contribution in [2.75, 3.05) is 0 Å². The zero-order valence-corrected chi connectivity index (χ0v) is 10.2. The fourth-order valence-corrected chi connectivity index (χ4v) is 2.40. The lowest BCUT2D eigenvalue weighted by atomic mass is 10.1. The third-order valence-electron chi connectivity index (χ3n) is 2.88. The van der Waals surface area contributed by atoms with Crippen LogP contribution in [0.25, 0.3) is 0 Å². The van der Waals surface area contributed by atoms with Crippen molar-refractivity contribution in [2.45, 2.75) is 38.1 Å². The van der Waals surface area contributed by atoms with Crippen molar-refractivity contribution in [1.29, 1.82) is 0 Å². The number of nitrogens with zero attached hydrogens (tertiary/aromatic N) is 1. The monoisotopic (exact) mass is 258 g/mol. The average Bonchev–Trinajstić information content (AvgIpc) is 2.70. The number of hydrogen-bond acceptors (Lipinski definition) is 3. The maximum atomic E-state index is 11.8. The van der Waals surface area contributed by atoms with E-state index in [-0.39, 0.29) is 17.2 Å². The van der Waals surface area contributed by atoms with Gasteiger partial charge >= 0.3 is 12.1 Å². The predicted molar refractivity (Wildman–Crippen MR) is 62.3 cm³/mol. The molecule has 0 aromatic rings. The third kappa shape index (κ3) is 2.04. The molecule has 0 bridgehead atoms. The first-order valence-corrected chi connectivity index (χ1v) is 5.88. The van der Waals surface area contributed by atoms with E-state index in [9.17, 15) is 14.4 Å². The molecular weight excluding hydrogens is 244 g/mol. The van der Waals surface area contributed by atoms with Gasteiger partial charge in [0, 0.05) is 0 Å². The first-order valence-electron chi connectivity index (χ1n) is 5.43. The van der Waals surface area contributed by atoms with E-state index >= 15 is 0 Å². The van der Waals surface area contributed by atoms with Crippen molar-refractivity contribution in [3.8, 4) is 0 Å². The zero-order valence-electron chi connectivity index (χ0n) is 9.27. The molecule has 0 aliphatic carbocycles. The fourth-order valence-electron chi connectivity index (χ4n) is 2.15. The second-order valence-electron chi connectivity index (χ2n) is 4.04. The van der Waals surface area contributed by atoms with Crippen molar-refractivity contribution >= 4 is 29.8 Å². The van der Waals surface area contributed by atoms with Gasteiger partial charge in [-0.3, -0.25) is 9.69 Å². The maximum Gasteiger partial charge on any atom is 0.321 e. The number of urea groups is 2. The van der Waals surface area contributed by atoms with Crippen LogP contribution in [-0.2, 0) is 4.79 Å². The Labute approximate surface area is 104 Å². The summed E-state index contributed by atoms with van der Waals surface area (Å²) in [6, 6.07) is -1.33. The molecule has 0 aromatic heterocycles. The summed E-state index contributed by atoms with van der Waals surface area (Å²) >= 11 is 3.80. The Morgan fingerprint density at radius 3 is 2.71 bits per heavy atom. The lowest BCUT2D eigenvalue weighted by Crippen LogP contribution is -2.51. The molecule has 4 amide bonds. The summed E-state index contributed by atoms with van der Waals surface area (Å²) in [4.78, 5) is 35.7. The highest BCUT2D eigenvalue weighted by molar-refractivity contribution is 7.96. The van der Waals surface area contributed by atoms with Gasteiger partial charge in [-0.2, -0.15) is 0 Å². The number of nitrogens with one attached hydrogen (secondary N) is 3. The fraction of sp³-hybridized carbons (Fsp3) is 0.667. The van der Waals surface area contributed by atoms with Gasteiger partial charge in [0.25, 0.3) is 0 Å². The molecule has 0 saturated carbocycles. The molecular formula is C9H14N4O3S. The molecule has 2 aliphatic rings. The number of hydrogen-bond donors (Lipinski definition) is 4. The summed E-state index contributed by atoms with van der Waals surface area (Å²) in [7, 11) is 0. The van der Waals surface area contributed by atoms with E-state index in [1.165, 1.54) is 4.90 Å². The van der Waals surface area contributed by atoms with Gasteiger partial charge < -0.3 is 16.0 Å². The minimum atomic E-state index is -0.612. The van der Waals surface area contributed by atoms with Gasteiger partial charge in [-0.05, 0) is 6.42 Å². The molecule has 2 saturated heterocycles. The molecule has 0 aromatic carbocycles. The van der Waals surface area contributed by atoms with Gasteiger partial charge in [-0.15, -0.1) is 12.6 Å². The number of rotatable bonds is 4. The number of carbonyl (C=O) groups excluding carboxylic acids is 3. The summed E-state index contributed by atoms with van der Waals surface area (Å²) in [6.07, 6.45) is 0.263. The Morgan fingerprint density at radius 2 is 2.12 bits per heavy atom. The third-order valence-corrected chi connectivity index (χ3v) is 3.18. The number of amides is 4. The smallest absolute Gasteiger partial charge is 0.314 e. The second kappa shape index (κ2) is 4.44. The predicted octanol–water partition coefficient (Wildman–Crippen LogP) is -0.398. The van der Waals surface area contributed by atoms with Gasteiger partial charge in [0.1, 0.15) is 18.4 Å². The molecule has 7 nitrogen and oxygen atoms in total. The number of thiol groups is 1. The van der Waals surface area contributed by atoms with Crippen molar-refractivity contribution < 1.29 is 14.4 Å². The SMILES string of the molecule is CCC[C@@H](C(=O)S)N1C(=O)N[C@H]2NC(=O)N[C@H]21. The number of carbonyl (C=O) groups is 3. The Balaban J connectivity index is 2.20. The standard InChI is InChI=1S/C9H14N4O3S/c1-2-3-4(7(14)17)13-6-5(11-9(13)16)10-8(15)12-6/h4-6H,2-3H2,1H3,(H,11,16)(H,14,17)(H2,10,12,15)/t4-,5+,6-/m0/s1. The van der Waals surface area contributed by atoms with Crippen molar-refractivity contribution in [3.63, 3.8) is 0 Å². The molecule has 8 heteroatoms. The van der Waals surface area contributed by atoms with Crippen LogP contribution in [0, 0.1) is 0 Å². The van der Waals surface area contributed by atoms with Crippen LogP contribution in [0.1, 0.15) is 19.8 Å². The highest BCUT2D eigenvalue weighted by Gasteiger charge is 2.49. The summed E-state index contributed by atoms with van der Waals surface area (Å²) in [5.41, 5.74) is 0. The van der Waals surface area contributed by atoms with E-state index in [0.29, 0.717) is 6.42 Å². The van der Waals surface area contributed by atoms with Gasteiger partial charge in [0.2, 0.25) is 5.12 Å². The minimum Gasteiger partial charge on any atom is -0.314 e. The first kappa shape index (κ1) is 12.0. The Kier molecular flexibility index (Phi) is 3.14. The lowest BCUT2D eigenvalue weighted by molar-refractivity contribution is -0.115. The molecule has 2 rings (SSSR count). The Hall–Kier alpha value is -1.44. The van der Waals surface area contributed by atoms with Gasteiger partial charge in [-0.25, -0.2) is 9.59 Å². The van der Waals surface area contributed by atoms with E-state index in [0.717, 1.165) is 6.42 Å². The summed E-state index contributed by atoms with van der Waals surface area (Å²) in [6.45, 7) is 1.92. The van der Waals surface area contributed by atoms with E-state index in [1.807, 2.05) is 6.92 Å². The largest absolute Gasteiger partial charge is 0.321 e. The molecule has 3 N–H and O–H groups in total. The molecule has 0 unspecified atom stereocenters. The summed E-state index contributed by atoms with van der Waals surface area (Å²) in [5.74, 6) is 0. The maximum absolute atomic E-state index is 11.8. The van der Waals surface area contributed by atoms with Crippen LogP contribution < -0.4 is 16.0 Å². The summed E-state index contributed by atoms with van der Waals surface area (Å²) in [5, 5.41) is 7.37. The quantitative estimate of drug-likeness (QED) is 0.517.